The zero-order valence-corrected chi connectivity index (χ0v) is 25.2. The lowest BCUT2D eigenvalue weighted by Crippen LogP contribution is -2.38. The van der Waals surface area contributed by atoms with Gasteiger partial charge in [-0.1, -0.05) is 0 Å². The van der Waals surface area contributed by atoms with Crippen LogP contribution in [-0.4, -0.2) is 79.0 Å². The number of carboxylic acid groups (broad SMARTS) is 1. The Hall–Kier alpha value is -2.98. The summed E-state index contributed by atoms with van der Waals surface area (Å²) >= 11 is 1.70. The Morgan fingerprint density at radius 2 is 1.88 bits per heavy atom. The van der Waals surface area contributed by atoms with Crippen LogP contribution in [0.15, 0.2) is 29.8 Å². The average molecular weight is 645 g/mol. The molecule has 0 bridgehead atoms. The topological polar surface area (TPSA) is 155 Å². The Morgan fingerprint density at radius 1 is 1.19 bits per heavy atom. The standard InChI is InChI=1S/C26H34N4O4S2.C2HF3O2/c1-2-36(32,33)30-7-5-17(6-8-30)24-15-29-25-22(24)11-18(12-23(25)26(27)31)19-10-21(35-16-19)14-28-13-20-4-3-9-34-20;3-2(4,5)1(6)7/h10-12,15-17,20,28-29H,2-9,13-14H2,1H3,(H2,27,31);(H,6,7)/t20-;/m1./s1. The fraction of sp³-hybridized carbons (Fsp3) is 0.500. The van der Waals surface area contributed by atoms with Crippen molar-refractivity contribution in [3.8, 4) is 11.1 Å². The van der Waals surface area contributed by atoms with Crippen molar-refractivity contribution in [3.05, 3.63) is 45.8 Å². The van der Waals surface area contributed by atoms with Gasteiger partial charge in [-0.25, -0.2) is 17.5 Å². The van der Waals surface area contributed by atoms with E-state index in [1.807, 2.05) is 12.3 Å². The summed E-state index contributed by atoms with van der Waals surface area (Å²) in [5.41, 5.74) is 10.1. The maximum Gasteiger partial charge on any atom is 0.490 e. The largest absolute Gasteiger partial charge is 0.490 e. The van der Waals surface area contributed by atoms with Crippen molar-refractivity contribution in [2.45, 2.75) is 57.3 Å². The first-order chi connectivity index (χ1) is 20.3. The molecule has 1 aromatic carbocycles. The number of aliphatic carboxylic acids is 1. The van der Waals surface area contributed by atoms with Gasteiger partial charge in [0.1, 0.15) is 0 Å². The number of hydrogen-bond acceptors (Lipinski definition) is 7. The number of sulfonamides is 1. The van der Waals surface area contributed by atoms with Crippen LogP contribution in [0.25, 0.3) is 22.0 Å². The number of nitrogens with two attached hydrogens (primary N) is 1. The molecule has 2 saturated heterocycles. The predicted octanol–water partition coefficient (Wildman–Crippen LogP) is 4.43. The molecule has 2 aromatic heterocycles. The minimum Gasteiger partial charge on any atom is -0.475 e. The van der Waals surface area contributed by atoms with Crippen LogP contribution in [0.3, 0.4) is 0 Å². The van der Waals surface area contributed by atoms with Crippen molar-refractivity contribution in [1.29, 1.82) is 0 Å². The summed E-state index contributed by atoms with van der Waals surface area (Å²) in [7, 11) is -3.17. The monoisotopic (exact) mass is 644 g/mol. The molecule has 10 nitrogen and oxygen atoms in total. The number of carbonyl (C=O) groups excluding carboxylic acids is 1. The number of ether oxygens (including phenoxy) is 1. The smallest absolute Gasteiger partial charge is 0.475 e. The fourth-order valence-corrected chi connectivity index (χ4v) is 7.36. The highest BCUT2D eigenvalue weighted by molar-refractivity contribution is 7.89. The van der Waals surface area contributed by atoms with Crippen molar-refractivity contribution >= 4 is 44.1 Å². The molecule has 5 rings (SSSR count). The van der Waals surface area contributed by atoms with Crippen molar-refractivity contribution in [1.82, 2.24) is 14.6 Å². The van der Waals surface area contributed by atoms with E-state index in [0.29, 0.717) is 24.8 Å². The number of fused-ring (bicyclic) bond motifs is 1. The Labute approximate surface area is 251 Å². The summed E-state index contributed by atoms with van der Waals surface area (Å²) in [4.78, 5) is 25.7. The molecule has 43 heavy (non-hydrogen) atoms. The van der Waals surface area contributed by atoms with E-state index in [9.17, 15) is 26.4 Å². The zero-order valence-electron chi connectivity index (χ0n) is 23.6. The number of nitrogens with zero attached hydrogens (tertiary/aromatic N) is 1. The molecule has 0 aliphatic carbocycles. The molecule has 2 aliphatic rings. The quantitative estimate of drug-likeness (QED) is 0.269. The first-order valence-corrected chi connectivity index (χ1v) is 16.4. The van der Waals surface area contributed by atoms with E-state index in [1.165, 1.54) is 4.88 Å². The summed E-state index contributed by atoms with van der Waals surface area (Å²) in [5, 5.41) is 13.7. The number of primary amides is 1. The van der Waals surface area contributed by atoms with Crippen LogP contribution >= 0.6 is 11.3 Å². The lowest BCUT2D eigenvalue weighted by molar-refractivity contribution is -0.192. The van der Waals surface area contributed by atoms with E-state index in [2.05, 4.69) is 27.8 Å². The number of rotatable bonds is 9. The van der Waals surface area contributed by atoms with Crippen molar-refractivity contribution < 1.29 is 41.0 Å². The lowest BCUT2D eigenvalue weighted by atomic mass is 9.88. The lowest BCUT2D eigenvalue weighted by Gasteiger charge is -2.31. The Balaban J connectivity index is 0.000000541. The van der Waals surface area contributed by atoms with Gasteiger partial charge in [-0.15, -0.1) is 11.3 Å². The van der Waals surface area contributed by atoms with Crippen LogP contribution in [-0.2, 0) is 26.1 Å². The van der Waals surface area contributed by atoms with Crippen LogP contribution in [0.2, 0.25) is 0 Å². The van der Waals surface area contributed by atoms with Gasteiger partial charge in [-0.2, -0.15) is 13.2 Å². The number of nitrogens with one attached hydrogen (secondary N) is 2. The third kappa shape index (κ3) is 8.15. The van der Waals surface area contributed by atoms with Crippen LogP contribution in [0, 0.1) is 0 Å². The molecule has 0 spiro atoms. The summed E-state index contributed by atoms with van der Waals surface area (Å²) in [5.74, 6) is -2.87. The van der Waals surface area contributed by atoms with E-state index >= 15 is 0 Å². The number of halogens is 3. The fourth-order valence-electron chi connectivity index (χ4n) is 5.37. The number of thiophene rings is 1. The molecule has 5 N–H and O–H groups in total. The number of amides is 1. The van der Waals surface area contributed by atoms with Gasteiger partial charge in [-0.05, 0) is 78.8 Å². The first-order valence-electron chi connectivity index (χ1n) is 13.9. The maximum absolute atomic E-state index is 12.4. The summed E-state index contributed by atoms with van der Waals surface area (Å²) in [6, 6.07) is 6.17. The van der Waals surface area contributed by atoms with Crippen LogP contribution in [0.1, 0.15) is 59.3 Å². The molecule has 0 unspecified atom stereocenters. The molecule has 236 valence electrons. The molecule has 15 heteroatoms. The van der Waals surface area contributed by atoms with Crippen LogP contribution < -0.4 is 11.1 Å². The normalized spacial score (nSPS) is 18.5. The molecule has 3 aromatic rings. The number of aromatic amines is 1. The van der Waals surface area contributed by atoms with E-state index < -0.39 is 28.1 Å². The number of carbonyl (C=O) groups is 2. The number of piperidine rings is 1. The number of aromatic nitrogens is 1. The molecular formula is C28H35F3N4O6S2. The maximum atomic E-state index is 12.4. The summed E-state index contributed by atoms with van der Waals surface area (Å²) in [6.07, 6.45) is 0.945. The number of hydrogen-bond donors (Lipinski definition) is 4. The molecule has 1 amide bonds. The molecule has 1 atom stereocenters. The molecular weight excluding hydrogens is 609 g/mol. The van der Waals surface area contributed by atoms with Gasteiger partial charge in [0, 0.05) is 49.2 Å². The third-order valence-electron chi connectivity index (χ3n) is 7.66. The highest BCUT2D eigenvalue weighted by Gasteiger charge is 2.38. The first kappa shape index (κ1) is 32.9. The molecule has 2 fully saturated rings. The Kier molecular flexibility index (Phi) is 10.5. The highest BCUT2D eigenvalue weighted by atomic mass is 32.2. The van der Waals surface area contributed by atoms with Gasteiger partial charge < -0.3 is 25.9 Å². The van der Waals surface area contributed by atoms with Crippen molar-refractivity contribution in [2.75, 3.05) is 32.0 Å². The average Bonchev–Trinajstić information content (AvgIpc) is 3.74. The zero-order chi connectivity index (χ0) is 31.4. The van der Waals surface area contributed by atoms with Crippen LogP contribution in [0.4, 0.5) is 13.2 Å². The third-order valence-corrected chi connectivity index (χ3v) is 10.5. The summed E-state index contributed by atoms with van der Waals surface area (Å²) in [6.45, 7) is 5.22. The second-order valence-electron chi connectivity index (χ2n) is 10.5. The van der Waals surface area contributed by atoms with Gasteiger partial charge >= 0.3 is 12.1 Å². The Bertz CT molecular complexity index is 1540. The molecule has 0 saturated carbocycles. The number of alkyl halides is 3. The highest BCUT2D eigenvalue weighted by Crippen LogP contribution is 2.38. The number of H-pyrrole nitrogens is 1. The van der Waals surface area contributed by atoms with Gasteiger partial charge in [0.15, 0.2) is 0 Å². The number of benzene rings is 1. The molecule has 4 heterocycles. The molecule has 0 radical (unpaired) electrons. The van der Waals surface area contributed by atoms with Gasteiger partial charge in [0.2, 0.25) is 10.0 Å². The van der Waals surface area contributed by atoms with Crippen molar-refractivity contribution in [3.63, 3.8) is 0 Å². The second-order valence-corrected chi connectivity index (χ2v) is 13.8. The minimum atomic E-state index is -5.08. The van der Waals surface area contributed by atoms with E-state index in [1.54, 1.807) is 22.6 Å². The molecule has 2 aliphatic heterocycles. The SMILES string of the molecule is CCS(=O)(=O)N1CCC(c2c[nH]c3c(C(N)=O)cc(-c4csc(CNC[C@H]5CCCO5)c4)cc23)CC1.O=C(O)C(F)(F)F. The van der Waals surface area contributed by atoms with Crippen molar-refractivity contribution in [2.24, 2.45) is 5.73 Å². The van der Waals surface area contributed by atoms with Crippen LogP contribution in [0.5, 0.6) is 0 Å². The predicted molar refractivity (Wildman–Crippen MR) is 158 cm³/mol. The van der Waals surface area contributed by atoms with Gasteiger partial charge in [-0.3, -0.25) is 4.79 Å². The van der Waals surface area contributed by atoms with Gasteiger partial charge in [0.25, 0.3) is 5.91 Å². The Morgan fingerprint density at radius 3 is 2.47 bits per heavy atom. The number of carboxylic acids is 1. The van der Waals surface area contributed by atoms with Gasteiger partial charge in [0.05, 0.1) is 22.9 Å². The van der Waals surface area contributed by atoms with E-state index in [-0.39, 0.29) is 11.7 Å². The van der Waals surface area contributed by atoms with E-state index in [4.69, 9.17) is 20.4 Å². The summed E-state index contributed by atoms with van der Waals surface area (Å²) < 4.78 is 63.6. The minimum absolute atomic E-state index is 0.128. The second kappa shape index (κ2) is 13.8. The van der Waals surface area contributed by atoms with E-state index in [0.717, 1.165) is 73.0 Å².